The van der Waals surface area contributed by atoms with Crippen molar-refractivity contribution in [3.63, 3.8) is 0 Å². The van der Waals surface area contributed by atoms with Crippen molar-refractivity contribution >= 4 is 21.7 Å². The Balaban J connectivity index is 1.79. The van der Waals surface area contributed by atoms with Gasteiger partial charge in [0, 0.05) is 38.8 Å². The number of hydrogen-bond donors (Lipinski definition) is 1. The number of anilines is 2. The number of benzene rings is 1. The van der Waals surface area contributed by atoms with Crippen LogP contribution in [0.1, 0.15) is 29.4 Å². The van der Waals surface area contributed by atoms with E-state index in [2.05, 4.69) is 20.2 Å². The molecule has 152 valence electrons. The number of aromatic nitrogens is 2. The molecule has 1 aliphatic heterocycles. The Kier molecular flexibility index (Phi) is 5.90. The second-order valence-electron chi connectivity index (χ2n) is 7.31. The third-order valence-electron chi connectivity index (χ3n) is 4.95. The highest BCUT2D eigenvalue weighted by Gasteiger charge is 2.31. The summed E-state index contributed by atoms with van der Waals surface area (Å²) in [5.74, 6) is 2.34. The molecule has 1 N–H and O–H groups in total. The summed E-state index contributed by atoms with van der Waals surface area (Å²) in [6.07, 6.45) is 0. The standard InChI is InChI=1S/C20H29N5O2S/c1-6-21-18-13-19(23-17(5)22-18)24-7-9-25(10-8-24)28(26,27)20-15(3)11-14(2)12-16(20)4/h11-13H,6-10H2,1-5H3,(H,21,22,23). The van der Waals surface area contributed by atoms with Crippen LogP contribution in [0.2, 0.25) is 0 Å². The van der Waals surface area contributed by atoms with Gasteiger partial charge >= 0.3 is 0 Å². The predicted molar refractivity (Wildman–Crippen MR) is 113 cm³/mol. The van der Waals surface area contributed by atoms with E-state index in [1.165, 1.54) is 0 Å². The number of nitrogens with one attached hydrogen (secondary N) is 1. The van der Waals surface area contributed by atoms with Crippen LogP contribution in [0.4, 0.5) is 11.6 Å². The second kappa shape index (κ2) is 8.05. The summed E-state index contributed by atoms with van der Waals surface area (Å²) < 4.78 is 28.1. The normalized spacial score (nSPS) is 15.7. The summed E-state index contributed by atoms with van der Waals surface area (Å²) in [6.45, 7) is 12.5. The van der Waals surface area contributed by atoms with Gasteiger partial charge in [0.2, 0.25) is 10.0 Å². The van der Waals surface area contributed by atoms with E-state index >= 15 is 0 Å². The Hall–Kier alpha value is -2.19. The maximum atomic E-state index is 13.2. The van der Waals surface area contributed by atoms with E-state index < -0.39 is 10.0 Å². The van der Waals surface area contributed by atoms with Crippen LogP contribution in [-0.4, -0.2) is 55.4 Å². The van der Waals surface area contributed by atoms with Gasteiger partial charge < -0.3 is 10.2 Å². The molecule has 3 rings (SSSR count). The van der Waals surface area contributed by atoms with Gasteiger partial charge in [-0.1, -0.05) is 17.7 Å². The molecule has 0 spiro atoms. The molecule has 1 aliphatic rings. The van der Waals surface area contributed by atoms with Gasteiger partial charge in [0.1, 0.15) is 17.5 Å². The Bertz CT molecular complexity index is 944. The molecular weight excluding hydrogens is 374 g/mol. The Morgan fingerprint density at radius 2 is 1.57 bits per heavy atom. The fraction of sp³-hybridized carbons (Fsp3) is 0.500. The molecule has 7 nitrogen and oxygen atoms in total. The Morgan fingerprint density at radius 1 is 0.964 bits per heavy atom. The van der Waals surface area contributed by atoms with E-state index in [0.717, 1.165) is 34.9 Å². The molecule has 1 aromatic heterocycles. The first kappa shape index (κ1) is 20.5. The monoisotopic (exact) mass is 403 g/mol. The van der Waals surface area contributed by atoms with Crippen LogP contribution in [0, 0.1) is 27.7 Å². The lowest BCUT2D eigenvalue weighted by Crippen LogP contribution is -2.49. The average Bonchev–Trinajstić information content (AvgIpc) is 2.60. The lowest BCUT2D eigenvalue weighted by atomic mass is 10.1. The zero-order valence-corrected chi connectivity index (χ0v) is 18.1. The van der Waals surface area contributed by atoms with E-state index in [1.807, 2.05) is 52.8 Å². The topological polar surface area (TPSA) is 78.4 Å². The highest BCUT2D eigenvalue weighted by molar-refractivity contribution is 7.89. The summed E-state index contributed by atoms with van der Waals surface area (Å²) in [7, 11) is -3.51. The minimum Gasteiger partial charge on any atom is -0.370 e. The summed E-state index contributed by atoms with van der Waals surface area (Å²) in [6, 6.07) is 5.79. The van der Waals surface area contributed by atoms with Crippen LogP contribution in [0.25, 0.3) is 0 Å². The zero-order chi connectivity index (χ0) is 20.5. The largest absolute Gasteiger partial charge is 0.370 e. The van der Waals surface area contributed by atoms with Gasteiger partial charge in [0.05, 0.1) is 4.90 Å². The van der Waals surface area contributed by atoms with Gasteiger partial charge in [-0.3, -0.25) is 0 Å². The average molecular weight is 404 g/mol. The van der Waals surface area contributed by atoms with Gasteiger partial charge in [0.25, 0.3) is 0 Å². The highest BCUT2D eigenvalue weighted by atomic mass is 32.2. The number of piperazine rings is 1. The second-order valence-corrected chi connectivity index (χ2v) is 9.18. The van der Waals surface area contributed by atoms with Gasteiger partial charge in [-0.05, 0) is 45.7 Å². The molecule has 2 aromatic rings. The lowest BCUT2D eigenvalue weighted by molar-refractivity contribution is 0.383. The molecule has 0 atom stereocenters. The third-order valence-corrected chi connectivity index (χ3v) is 7.15. The number of rotatable bonds is 5. The molecule has 28 heavy (non-hydrogen) atoms. The first-order valence-corrected chi connectivity index (χ1v) is 11.1. The van der Waals surface area contributed by atoms with Crippen LogP contribution in [0.3, 0.4) is 0 Å². The van der Waals surface area contributed by atoms with Crippen molar-refractivity contribution in [1.29, 1.82) is 0 Å². The molecule has 0 bridgehead atoms. The van der Waals surface area contributed by atoms with Crippen LogP contribution in [-0.2, 0) is 10.0 Å². The van der Waals surface area contributed by atoms with Gasteiger partial charge in [-0.25, -0.2) is 18.4 Å². The molecule has 8 heteroatoms. The van der Waals surface area contributed by atoms with E-state index in [-0.39, 0.29) is 0 Å². The molecule has 1 aromatic carbocycles. The number of aryl methyl sites for hydroxylation is 4. The quantitative estimate of drug-likeness (QED) is 0.827. The van der Waals surface area contributed by atoms with Gasteiger partial charge in [-0.2, -0.15) is 4.31 Å². The summed E-state index contributed by atoms with van der Waals surface area (Å²) in [4.78, 5) is 11.5. The van der Waals surface area contributed by atoms with Crippen LogP contribution in [0.15, 0.2) is 23.1 Å². The fourth-order valence-electron chi connectivity index (χ4n) is 3.85. The fourth-order valence-corrected chi connectivity index (χ4v) is 5.68. The van der Waals surface area contributed by atoms with Crippen molar-refractivity contribution in [3.8, 4) is 0 Å². The number of sulfonamides is 1. The first-order chi connectivity index (χ1) is 13.2. The third kappa shape index (κ3) is 4.12. The molecular formula is C20H29N5O2S. The van der Waals surface area contributed by atoms with E-state index in [0.29, 0.717) is 36.9 Å². The van der Waals surface area contributed by atoms with Crippen LogP contribution >= 0.6 is 0 Å². The van der Waals surface area contributed by atoms with E-state index in [4.69, 9.17) is 0 Å². The van der Waals surface area contributed by atoms with E-state index in [1.54, 1.807) is 4.31 Å². The molecule has 0 saturated carbocycles. The molecule has 0 aliphatic carbocycles. The maximum Gasteiger partial charge on any atom is 0.243 e. The Labute approximate surface area is 167 Å². The minimum absolute atomic E-state index is 0.439. The van der Waals surface area contributed by atoms with Crippen LogP contribution in [0.5, 0.6) is 0 Å². The predicted octanol–water partition coefficient (Wildman–Crippen LogP) is 2.65. The van der Waals surface area contributed by atoms with Gasteiger partial charge in [0.15, 0.2) is 0 Å². The van der Waals surface area contributed by atoms with Crippen molar-refractivity contribution in [1.82, 2.24) is 14.3 Å². The number of nitrogens with zero attached hydrogens (tertiary/aromatic N) is 4. The number of hydrogen-bond acceptors (Lipinski definition) is 6. The SMILES string of the molecule is CCNc1cc(N2CCN(S(=O)(=O)c3c(C)cc(C)cc3C)CC2)nc(C)n1. The summed E-state index contributed by atoms with van der Waals surface area (Å²) in [5, 5.41) is 3.22. The molecule has 2 heterocycles. The smallest absolute Gasteiger partial charge is 0.243 e. The van der Waals surface area contributed by atoms with E-state index in [9.17, 15) is 8.42 Å². The first-order valence-electron chi connectivity index (χ1n) is 9.65. The van der Waals surface area contributed by atoms with Crippen molar-refractivity contribution < 1.29 is 8.42 Å². The van der Waals surface area contributed by atoms with Crippen molar-refractivity contribution in [2.75, 3.05) is 42.9 Å². The molecule has 0 unspecified atom stereocenters. The molecule has 0 amide bonds. The minimum atomic E-state index is -3.51. The van der Waals surface area contributed by atoms with Crippen molar-refractivity contribution in [2.45, 2.75) is 39.5 Å². The molecule has 1 fully saturated rings. The van der Waals surface area contributed by atoms with Gasteiger partial charge in [-0.15, -0.1) is 0 Å². The molecule has 0 radical (unpaired) electrons. The van der Waals surface area contributed by atoms with Crippen LogP contribution < -0.4 is 10.2 Å². The van der Waals surface area contributed by atoms with Crippen molar-refractivity contribution in [2.24, 2.45) is 0 Å². The van der Waals surface area contributed by atoms with Crippen molar-refractivity contribution in [3.05, 3.63) is 40.7 Å². The summed E-state index contributed by atoms with van der Waals surface area (Å²) in [5.41, 5.74) is 2.69. The zero-order valence-electron chi connectivity index (χ0n) is 17.3. The Morgan fingerprint density at radius 3 is 2.14 bits per heavy atom. The highest BCUT2D eigenvalue weighted by Crippen LogP contribution is 2.27. The lowest BCUT2D eigenvalue weighted by Gasteiger charge is -2.35. The molecule has 1 saturated heterocycles. The maximum absolute atomic E-state index is 13.2. The summed E-state index contributed by atoms with van der Waals surface area (Å²) >= 11 is 0.